The van der Waals surface area contributed by atoms with Gasteiger partial charge in [-0.05, 0) is 30.2 Å². The highest BCUT2D eigenvalue weighted by Gasteiger charge is 2.09. The molecule has 0 atom stereocenters. The quantitative estimate of drug-likeness (QED) is 0.592. The first-order valence-corrected chi connectivity index (χ1v) is 7.37. The van der Waals surface area contributed by atoms with Crippen LogP contribution in [0.3, 0.4) is 0 Å². The molecule has 0 saturated carbocycles. The van der Waals surface area contributed by atoms with E-state index in [9.17, 15) is 4.79 Å². The van der Waals surface area contributed by atoms with Crippen LogP contribution in [0, 0.1) is 0 Å². The van der Waals surface area contributed by atoms with E-state index in [-0.39, 0.29) is 5.91 Å². The molecule has 0 saturated heterocycles. The zero-order valence-electron chi connectivity index (χ0n) is 12.5. The Morgan fingerprint density at radius 2 is 2.19 bits per heavy atom. The van der Waals surface area contributed by atoms with Gasteiger partial charge in [-0.15, -0.1) is 0 Å². The molecule has 1 amide bonds. The molecule has 114 valence electrons. The lowest BCUT2D eigenvalue weighted by molar-refractivity contribution is -0.125. The smallest absolute Gasteiger partial charge is 0.246 e. The third kappa shape index (κ3) is 6.40. The van der Waals surface area contributed by atoms with E-state index in [0.29, 0.717) is 24.5 Å². The molecule has 1 aromatic carbocycles. The standard InChI is InChI=1S/C16H22N2O2S/c1-3-10-18(11-9-15(17)21)16(19)8-7-13-5-4-6-14(12-13)20-2/h4-8,12H,3,9-11H2,1-2H3,(H2,17,21)/b8-7+. The topological polar surface area (TPSA) is 55.6 Å². The van der Waals surface area contributed by atoms with Crippen LogP contribution < -0.4 is 10.5 Å². The maximum Gasteiger partial charge on any atom is 0.246 e. The minimum atomic E-state index is -0.0316. The number of thiocarbonyl (C=S) groups is 1. The van der Waals surface area contributed by atoms with Crippen LogP contribution in [-0.4, -0.2) is 36.0 Å². The van der Waals surface area contributed by atoms with Crippen molar-refractivity contribution in [2.24, 2.45) is 5.73 Å². The Hall–Kier alpha value is -1.88. The van der Waals surface area contributed by atoms with Crippen molar-refractivity contribution in [1.82, 2.24) is 4.90 Å². The molecule has 21 heavy (non-hydrogen) atoms. The summed E-state index contributed by atoms with van der Waals surface area (Å²) in [6, 6.07) is 7.55. The van der Waals surface area contributed by atoms with Crippen molar-refractivity contribution in [2.45, 2.75) is 19.8 Å². The van der Waals surface area contributed by atoms with Gasteiger partial charge >= 0.3 is 0 Å². The van der Waals surface area contributed by atoms with Gasteiger partial charge in [0.2, 0.25) is 5.91 Å². The summed E-state index contributed by atoms with van der Waals surface area (Å²) in [5, 5.41) is 0. The van der Waals surface area contributed by atoms with Crippen LogP contribution in [0.5, 0.6) is 5.75 Å². The minimum absolute atomic E-state index is 0.0316. The number of methoxy groups -OCH3 is 1. The van der Waals surface area contributed by atoms with E-state index in [2.05, 4.69) is 0 Å². The number of ether oxygens (including phenoxy) is 1. The van der Waals surface area contributed by atoms with Crippen LogP contribution in [0.1, 0.15) is 25.3 Å². The Morgan fingerprint density at radius 1 is 1.43 bits per heavy atom. The molecule has 0 spiro atoms. The van der Waals surface area contributed by atoms with Gasteiger partial charge in [0.15, 0.2) is 0 Å². The second kappa shape index (κ2) is 9.13. The molecule has 5 heteroatoms. The van der Waals surface area contributed by atoms with Gasteiger partial charge in [0, 0.05) is 25.6 Å². The van der Waals surface area contributed by atoms with E-state index in [1.165, 1.54) is 0 Å². The van der Waals surface area contributed by atoms with Gasteiger partial charge in [0.05, 0.1) is 12.1 Å². The Balaban J connectivity index is 2.70. The Kier molecular flexibility index (Phi) is 7.46. The van der Waals surface area contributed by atoms with E-state index in [0.717, 1.165) is 17.7 Å². The number of hydrogen-bond acceptors (Lipinski definition) is 3. The fourth-order valence-electron chi connectivity index (χ4n) is 1.87. The summed E-state index contributed by atoms with van der Waals surface area (Å²) in [5.74, 6) is 0.736. The molecule has 4 nitrogen and oxygen atoms in total. The van der Waals surface area contributed by atoms with Gasteiger partial charge in [-0.1, -0.05) is 31.3 Å². The molecular weight excluding hydrogens is 284 g/mol. The lowest BCUT2D eigenvalue weighted by Crippen LogP contribution is -2.33. The highest BCUT2D eigenvalue weighted by Crippen LogP contribution is 2.13. The number of hydrogen-bond donors (Lipinski definition) is 1. The molecule has 0 bridgehead atoms. The summed E-state index contributed by atoms with van der Waals surface area (Å²) >= 11 is 4.86. The Labute approximate surface area is 131 Å². The highest BCUT2D eigenvalue weighted by molar-refractivity contribution is 7.80. The molecule has 0 radical (unpaired) electrons. The van der Waals surface area contributed by atoms with E-state index in [4.69, 9.17) is 22.7 Å². The average Bonchev–Trinajstić information content (AvgIpc) is 2.49. The largest absolute Gasteiger partial charge is 0.497 e. The van der Waals surface area contributed by atoms with Crippen molar-refractivity contribution >= 4 is 29.2 Å². The third-order valence-electron chi connectivity index (χ3n) is 2.95. The zero-order chi connectivity index (χ0) is 15.7. The van der Waals surface area contributed by atoms with Crippen molar-refractivity contribution < 1.29 is 9.53 Å². The molecule has 1 rings (SSSR count). The molecule has 0 aromatic heterocycles. The van der Waals surface area contributed by atoms with Crippen LogP contribution in [0.2, 0.25) is 0 Å². The van der Waals surface area contributed by atoms with Gasteiger partial charge in [0.1, 0.15) is 5.75 Å². The van der Waals surface area contributed by atoms with Gasteiger partial charge < -0.3 is 15.4 Å². The van der Waals surface area contributed by atoms with E-state index >= 15 is 0 Å². The van der Waals surface area contributed by atoms with E-state index < -0.39 is 0 Å². The summed E-state index contributed by atoms with van der Waals surface area (Å²) < 4.78 is 5.16. The first-order valence-electron chi connectivity index (χ1n) is 6.96. The molecule has 0 aliphatic heterocycles. The number of benzene rings is 1. The van der Waals surface area contributed by atoms with Crippen molar-refractivity contribution in [1.29, 1.82) is 0 Å². The van der Waals surface area contributed by atoms with Crippen molar-refractivity contribution in [3.63, 3.8) is 0 Å². The van der Waals surface area contributed by atoms with Gasteiger partial charge in [-0.2, -0.15) is 0 Å². The molecule has 1 aromatic rings. The lowest BCUT2D eigenvalue weighted by Gasteiger charge is -2.20. The number of nitrogens with two attached hydrogens (primary N) is 1. The van der Waals surface area contributed by atoms with Crippen LogP contribution in [0.15, 0.2) is 30.3 Å². The lowest BCUT2D eigenvalue weighted by atomic mass is 10.2. The van der Waals surface area contributed by atoms with E-state index in [1.807, 2.05) is 31.2 Å². The summed E-state index contributed by atoms with van der Waals surface area (Å²) in [7, 11) is 1.62. The highest BCUT2D eigenvalue weighted by atomic mass is 32.1. The van der Waals surface area contributed by atoms with E-state index in [1.54, 1.807) is 24.2 Å². The number of nitrogens with zero attached hydrogens (tertiary/aromatic N) is 1. The molecular formula is C16H22N2O2S. The minimum Gasteiger partial charge on any atom is -0.497 e. The summed E-state index contributed by atoms with van der Waals surface area (Å²) in [6.07, 6.45) is 4.81. The molecule has 0 aliphatic rings. The predicted octanol–water partition coefficient (Wildman–Crippen LogP) is 2.62. The van der Waals surface area contributed by atoms with Gasteiger partial charge in [-0.25, -0.2) is 0 Å². The summed E-state index contributed by atoms with van der Waals surface area (Å²) in [5.41, 5.74) is 6.42. The van der Waals surface area contributed by atoms with Crippen LogP contribution in [0.4, 0.5) is 0 Å². The predicted molar refractivity (Wildman–Crippen MR) is 90.3 cm³/mol. The second-order valence-corrected chi connectivity index (χ2v) is 5.18. The third-order valence-corrected chi connectivity index (χ3v) is 3.15. The maximum absolute atomic E-state index is 12.2. The number of carbonyl (C=O) groups excluding carboxylic acids is 1. The maximum atomic E-state index is 12.2. The van der Waals surface area contributed by atoms with Crippen LogP contribution >= 0.6 is 12.2 Å². The SMILES string of the molecule is CCCN(CCC(N)=S)C(=O)/C=C/c1cccc(OC)c1. The fourth-order valence-corrected chi connectivity index (χ4v) is 1.96. The zero-order valence-corrected chi connectivity index (χ0v) is 13.4. The average molecular weight is 306 g/mol. The summed E-state index contributed by atoms with van der Waals surface area (Å²) in [6.45, 7) is 3.29. The molecule has 0 aliphatic carbocycles. The van der Waals surface area contributed by atoms with Crippen LogP contribution in [0.25, 0.3) is 6.08 Å². The Bertz CT molecular complexity index is 515. The van der Waals surface area contributed by atoms with Gasteiger partial charge in [0.25, 0.3) is 0 Å². The Morgan fingerprint density at radius 3 is 2.81 bits per heavy atom. The van der Waals surface area contributed by atoms with Gasteiger partial charge in [-0.3, -0.25) is 4.79 Å². The molecule has 0 heterocycles. The van der Waals surface area contributed by atoms with Crippen LogP contribution in [-0.2, 0) is 4.79 Å². The normalized spacial score (nSPS) is 10.6. The first-order chi connectivity index (χ1) is 10.1. The second-order valence-electron chi connectivity index (χ2n) is 4.65. The van der Waals surface area contributed by atoms with Crippen molar-refractivity contribution in [3.05, 3.63) is 35.9 Å². The van der Waals surface area contributed by atoms with Crippen molar-refractivity contribution in [3.8, 4) is 5.75 Å². The fraction of sp³-hybridized carbons (Fsp3) is 0.375. The summed E-state index contributed by atoms with van der Waals surface area (Å²) in [4.78, 5) is 14.4. The molecule has 2 N–H and O–H groups in total. The number of amides is 1. The van der Waals surface area contributed by atoms with Crippen molar-refractivity contribution in [2.75, 3.05) is 20.2 Å². The molecule has 0 fully saturated rings. The number of rotatable bonds is 8. The number of carbonyl (C=O) groups is 1. The molecule has 0 unspecified atom stereocenters. The first kappa shape index (κ1) is 17.2. The monoisotopic (exact) mass is 306 g/mol.